The first-order valence-corrected chi connectivity index (χ1v) is 8.00. The van der Waals surface area contributed by atoms with Crippen molar-refractivity contribution in [1.29, 1.82) is 0 Å². The van der Waals surface area contributed by atoms with Gasteiger partial charge in [-0.25, -0.2) is 4.52 Å². The molecule has 10 nitrogen and oxygen atoms in total. The molecule has 0 saturated heterocycles. The van der Waals surface area contributed by atoms with Crippen LogP contribution in [0.25, 0.3) is 15.3 Å². The van der Waals surface area contributed by atoms with Crippen molar-refractivity contribution < 1.29 is 0 Å². The second-order valence-electron chi connectivity index (χ2n) is 7.11. The molecule has 0 radical (unpaired) electrons. The number of hydrogen-bond donors (Lipinski definition) is 2. The molecule has 2 N–H and O–H groups in total. The Hall–Kier alpha value is -3.53. The molecule has 0 aliphatic carbocycles. The van der Waals surface area contributed by atoms with Crippen LogP contribution in [0.5, 0.6) is 0 Å². The predicted octanol–water partition coefficient (Wildman–Crippen LogP) is 4.72. The summed E-state index contributed by atoms with van der Waals surface area (Å²) in [5.41, 5.74) is 1.76. The molecule has 0 fully saturated rings. The van der Waals surface area contributed by atoms with Crippen LogP contribution in [0, 0.1) is 13.1 Å². The number of azo groups is 1. The first kappa shape index (κ1) is 17.3. The first-order chi connectivity index (χ1) is 12.3. The minimum atomic E-state index is -0.226. The molecule has 0 aromatic carbocycles. The molecule has 3 heterocycles. The maximum atomic E-state index is 7.05. The van der Waals surface area contributed by atoms with Crippen molar-refractivity contribution in [3.8, 4) is 0 Å². The van der Waals surface area contributed by atoms with E-state index in [0.717, 1.165) is 11.5 Å². The number of nitrogens with one attached hydrogen (secondary N) is 2. The Morgan fingerprint density at radius 1 is 1.12 bits per heavy atom. The summed E-state index contributed by atoms with van der Waals surface area (Å²) >= 11 is 0. The summed E-state index contributed by atoms with van der Waals surface area (Å²) in [5.74, 6) is 1.12. The zero-order valence-corrected chi connectivity index (χ0v) is 15.2. The third-order valence-electron chi connectivity index (χ3n) is 3.74. The molecule has 0 saturated carbocycles. The van der Waals surface area contributed by atoms with Crippen LogP contribution in [-0.2, 0) is 5.41 Å². The molecule has 3 rings (SSSR count). The number of imidazole rings is 1. The fourth-order valence-electron chi connectivity index (χ4n) is 2.47. The summed E-state index contributed by atoms with van der Waals surface area (Å²) < 4.78 is 1.82. The Morgan fingerprint density at radius 3 is 2.38 bits per heavy atom. The van der Waals surface area contributed by atoms with E-state index in [0.29, 0.717) is 11.3 Å². The largest absolute Gasteiger partial charge is 0.414 e. The lowest BCUT2D eigenvalue weighted by Crippen LogP contribution is -2.13. The maximum Gasteiger partial charge on any atom is 0.414 e. The lowest BCUT2D eigenvalue weighted by molar-refractivity contribution is 0.558. The van der Waals surface area contributed by atoms with Crippen LogP contribution < -0.4 is 0 Å². The zero-order valence-electron chi connectivity index (χ0n) is 15.2. The minimum Gasteiger partial charge on any atom is -0.373 e. The van der Waals surface area contributed by atoms with E-state index in [-0.39, 0.29) is 28.9 Å². The smallest absolute Gasteiger partial charge is 0.373 e. The zero-order chi connectivity index (χ0) is 19.1. The average molecular weight is 350 g/mol. The molecular formula is C16H18N10. The van der Waals surface area contributed by atoms with Crippen LogP contribution in [0.4, 0.5) is 23.3 Å². The molecule has 0 atom stereocenters. The van der Waals surface area contributed by atoms with E-state index in [4.69, 9.17) is 13.1 Å². The number of H-pyrrole nitrogens is 2. The predicted molar refractivity (Wildman–Crippen MR) is 95.4 cm³/mol. The number of nitrogens with zero attached hydrogens (tertiary/aromatic N) is 8. The summed E-state index contributed by atoms with van der Waals surface area (Å²) in [6.07, 6.45) is 0. The quantitative estimate of drug-likeness (QED) is 0.527. The van der Waals surface area contributed by atoms with Gasteiger partial charge in [0, 0.05) is 11.3 Å². The third kappa shape index (κ3) is 2.82. The molecule has 3 aromatic heterocycles. The number of fused-ring (bicyclic) bond motifs is 1. The average Bonchev–Trinajstić information content (AvgIpc) is 3.24. The van der Waals surface area contributed by atoms with Crippen molar-refractivity contribution in [3.05, 3.63) is 34.4 Å². The molecule has 26 heavy (non-hydrogen) atoms. The molecule has 0 unspecified atom stereocenters. The lowest BCUT2D eigenvalue weighted by atomic mass is 9.91. The molecule has 0 aliphatic heterocycles. The van der Waals surface area contributed by atoms with E-state index in [2.05, 4.69) is 66.0 Å². The van der Waals surface area contributed by atoms with Gasteiger partial charge in [0.25, 0.3) is 11.6 Å². The summed E-state index contributed by atoms with van der Waals surface area (Å²) in [4.78, 5) is 13.1. The summed E-state index contributed by atoms with van der Waals surface area (Å²) in [7, 11) is 0. The van der Waals surface area contributed by atoms with Gasteiger partial charge in [-0.3, -0.25) is 10.1 Å². The summed E-state index contributed by atoms with van der Waals surface area (Å²) in [5, 5.41) is 20.1. The third-order valence-corrected chi connectivity index (χ3v) is 3.74. The topological polar surface area (TPSA) is 108 Å². The Labute approximate surface area is 150 Å². The molecular weight excluding hydrogens is 332 g/mol. The fraction of sp³-hybridized carbons (Fsp3) is 0.438. The van der Waals surface area contributed by atoms with Gasteiger partial charge in [0.05, 0.1) is 5.69 Å². The van der Waals surface area contributed by atoms with E-state index in [1.54, 1.807) is 0 Å². The van der Waals surface area contributed by atoms with E-state index in [1.807, 2.05) is 18.4 Å². The Kier molecular flexibility index (Phi) is 4.04. The van der Waals surface area contributed by atoms with Gasteiger partial charge >= 0.3 is 5.95 Å². The Balaban J connectivity index is 2.13. The van der Waals surface area contributed by atoms with Crippen LogP contribution >= 0.6 is 0 Å². The van der Waals surface area contributed by atoms with Crippen molar-refractivity contribution in [1.82, 2.24) is 29.8 Å². The SMILES string of the molecule is [C-]#[N+]c1nc(N=Nc2c(C(C)(C)C)[nH]n3c(C(C)C)nnc23)[nH]c1[N+]#[C-]. The Bertz CT molecular complexity index is 1040. The van der Waals surface area contributed by atoms with E-state index >= 15 is 0 Å². The molecule has 3 aromatic rings. The first-order valence-electron chi connectivity index (χ1n) is 8.00. The van der Waals surface area contributed by atoms with Crippen LogP contribution in [0.3, 0.4) is 0 Å². The number of aromatic nitrogens is 6. The fourth-order valence-corrected chi connectivity index (χ4v) is 2.47. The number of aromatic amines is 2. The van der Waals surface area contributed by atoms with Crippen LogP contribution in [-0.4, -0.2) is 29.8 Å². The molecule has 132 valence electrons. The van der Waals surface area contributed by atoms with Crippen LogP contribution in [0.15, 0.2) is 10.2 Å². The van der Waals surface area contributed by atoms with Gasteiger partial charge in [-0.15, -0.1) is 15.3 Å². The molecule has 0 spiro atoms. The Morgan fingerprint density at radius 2 is 1.85 bits per heavy atom. The second kappa shape index (κ2) is 6.08. The molecule has 0 aliphatic rings. The minimum absolute atomic E-state index is 0.0196. The highest BCUT2D eigenvalue weighted by Gasteiger charge is 2.27. The van der Waals surface area contributed by atoms with Crippen LogP contribution in [0.1, 0.15) is 52.1 Å². The maximum absolute atomic E-state index is 7.05. The number of hydrogen-bond acceptors (Lipinski definition) is 5. The highest BCUT2D eigenvalue weighted by Crippen LogP contribution is 2.36. The van der Waals surface area contributed by atoms with Crippen molar-refractivity contribution in [2.75, 3.05) is 0 Å². The highest BCUT2D eigenvalue weighted by molar-refractivity contribution is 5.68. The molecule has 10 heteroatoms. The van der Waals surface area contributed by atoms with Gasteiger partial charge in [-0.2, -0.15) is 0 Å². The van der Waals surface area contributed by atoms with Gasteiger partial charge in [-0.1, -0.05) is 57.9 Å². The molecule has 0 bridgehead atoms. The van der Waals surface area contributed by atoms with Gasteiger partial charge in [0.2, 0.25) is 5.65 Å². The van der Waals surface area contributed by atoms with Gasteiger partial charge in [-0.05, 0) is 0 Å². The van der Waals surface area contributed by atoms with Gasteiger partial charge in [0.15, 0.2) is 11.5 Å². The normalized spacial score (nSPS) is 12.2. The highest BCUT2D eigenvalue weighted by atomic mass is 15.4. The second-order valence-corrected chi connectivity index (χ2v) is 7.11. The standard InChI is InChI=1S/C16H18N10/c1-8(2)13-22-23-14-9(10(16(3,4)5)25-26(13)14)21-24-15-19-11(17-6)12(18-7)20-15/h8,25H,1-5H3,(H,19,20). The van der Waals surface area contributed by atoms with E-state index in [1.165, 1.54) is 0 Å². The lowest BCUT2D eigenvalue weighted by Gasteiger charge is -2.16. The van der Waals surface area contributed by atoms with Crippen LogP contribution in [0.2, 0.25) is 0 Å². The van der Waals surface area contributed by atoms with Crippen molar-refractivity contribution in [3.63, 3.8) is 0 Å². The van der Waals surface area contributed by atoms with Crippen molar-refractivity contribution in [2.45, 2.75) is 46.0 Å². The monoisotopic (exact) mass is 350 g/mol. The van der Waals surface area contributed by atoms with Crippen molar-refractivity contribution in [2.24, 2.45) is 10.2 Å². The number of rotatable bonds is 3. The summed E-state index contributed by atoms with van der Waals surface area (Å²) in [6.45, 7) is 24.3. The van der Waals surface area contributed by atoms with Gasteiger partial charge in [0.1, 0.15) is 0 Å². The van der Waals surface area contributed by atoms with E-state index < -0.39 is 0 Å². The summed E-state index contributed by atoms with van der Waals surface area (Å²) in [6, 6.07) is 0. The van der Waals surface area contributed by atoms with E-state index in [9.17, 15) is 0 Å². The molecule has 0 amide bonds. The van der Waals surface area contributed by atoms with Crippen molar-refractivity contribution >= 4 is 28.9 Å². The van der Waals surface area contributed by atoms with Gasteiger partial charge < -0.3 is 9.69 Å².